The molecule has 0 heterocycles. The Hall–Kier alpha value is -1.30. The molecule has 27 heavy (non-hydrogen) atoms. The van der Waals surface area contributed by atoms with Crippen LogP contribution in [0.25, 0.3) is 0 Å². The third kappa shape index (κ3) is 8.50. The number of nitrogens with two attached hydrogens (primary N) is 2. The Balaban J connectivity index is 0.00000338. The first-order valence-electron chi connectivity index (χ1n) is 7.03. The van der Waals surface area contributed by atoms with Gasteiger partial charge in [0.15, 0.2) is 10.3 Å². The molecule has 5 nitrogen and oxygen atoms in total. The minimum atomic E-state index is -0.432. The largest absolute Gasteiger partial charge is 0.457 e. The van der Waals surface area contributed by atoms with E-state index in [1.807, 2.05) is 0 Å². The van der Waals surface area contributed by atoms with Gasteiger partial charge in [0.2, 0.25) is 0 Å². The van der Waals surface area contributed by atoms with Crippen molar-refractivity contribution in [2.45, 2.75) is 11.5 Å². The van der Waals surface area contributed by atoms with Crippen molar-refractivity contribution in [1.82, 2.24) is 0 Å². The molecule has 0 saturated carbocycles. The normalized spacial score (nSPS) is 9.70. The minimum Gasteiger partial charge on any atom is -0.457 e. The summed E-state index contributed by atoms with van der Waals surface area (Å²) < 4.78 is 32.9. The van der Waals surface area contributed by atoms with Crippen molar-refractivity contribution in [2.75, 3.05) is 0 Å². The number of ether oxygens (including phenoxy) is 1. The van der Waals surface area contributed by atoms with Crippen molar-refractivity contribution in [3.8, 4) is 11.5 Å². The van der Waals surface area contributed by atoms with E-state index in [1.54, 1.807) is 0 Å². The number of thioether (sulfide) groups is 2. The lowest BCUT2D eigenvalue weighted by Crippen LogP contribution is -2.05. The maximum Gasteiger partial charge on any atom is 0.151 e. The van der Waals surface area contributed by atoms with Crippen LogP contribution in [0, 0.1) is 22.5 Å². The number of amidine groups is 2. The van der Waals surface area contributed by atoms with Gasteiger partial charge in [0.25, 0.3) is 0 Å². The van der Waals surface area contributed by atoms with Crippen molar-refractivity contribution in [3.05, 3.63) is 59.2 Å². The van der Waals surface area contributed by atoms with Gasteiger partial charge in [0.1, 0.15) is 23.1 Å². The molecule has 0 atom stereocenters. The maximum atomic E-state index is 13.5. The molecule has 0 aliphatic heterocycles. The molecule has 0 aliphatic carbocycles. The quantitative estimate of drug-likeness (QED) is 0.297. The predicted molar refractivity (Wildman–Crippen MR) is 120 cm³/mol. The molecule has 2 aromatic carbocycles. The Kier molecular flexibility index (Phi) is 11.6. The molecule has 2 aromatic rings. The molecule has 0 unspecified atom stereocenters. The Morgan fingerprint density at radius 1 is 0.815 bits per heavy atom. The fourth-order valence-corrected chi connectivity index (χ4v) is 3.02. The fraction of sp³-hybridized carbons (Fsp3) is 0.125. The number of nitrogens with one attached hydrogen (secondary N) is 2. The first-order chi connectivity index (χ1) is 11.8. The SMILES string of the molecule is Br.Br.N=C(N)SCc1cc(F)ccc1Oc1ccc(F)cc1CSC(=N)N. The second kappa shape index (κ2) is 12.2. The van der Waals surface area contributed by atoms with Gasteiger partial charge in [-0.1, -0.05) is 23.5 Å². The molecule has 2 rings (SSSR count). The van der Waals surface area contributed by atoms with Crippen LogP contribution in [0.3, 0.4) is 0 Å². The van der Waals surface area contributed by atoms with Crippen LogP contribution in [0.4, 0.5) is 8.78 Å². The standard InChI is InChI=1S/C16H16F2N4OS2.2BrH/c17-11-1-3-13(9(5-11)7-24-15(19)20)23-14-4-2-12(18)6-10(14)8-25-16(21)22;;/h1-6H,7-8H2,(H3,19,20)(H3,21,22);2*1H. The monoisotopic (exact) mass is 542 g/mol. The molecule has 0 fully saturated rings. The molecule has 0 saturated heterocycles. The van der Waals surface area contributed by atoms with Crippen LogP contribution in [0.5, 0.6) is 11.5 Å². The van der Waals surface area contributed by atoms with E-state index in [1.165, 1.54) is 36.4 Å². The van der Waals surface area contributed by atoms with Gasteiger partial charge in [-0.05, 0) is 36.4 Å². The minimum absolute atomic E-state index is 0. The van der Waals surface area contributed by atoms with Crippen molar-refractivity contribution in [3.63, 3.8) is 0 Å². The van der Waals surface area contributed by atoms with Crippen LogP contribution in [0.1, 0.15) is 11.1 Å². The lowest BCUT2D eigenvalue weighted by atomic mass is 10.2. The zero-order chi connectivity index (χ0) is 18.4. The van der Waals surface area contributed by atoms with Crippen LogP contribution in [-0.4, -0.2) is 10.3 Å². The molecule has 0 radical (unpaired) electrons. The summed E-state index contributed by atoms with van der Waals surface area (Å²) in [7, 11) is 0. The smallest absolute Gasteiger partial charge is 0.151 e. The fourth-order valence-electron chi connectivity index (χ4n) is 1.95. The zero-order valence-electron chi connectivity index (χ0n) is 13.8. The molecule has 11 heteroatoms. The third-order valence-corrected chi connectivity index (χ3v) is 4.56. The van der Waals surface area contributed by atoms with Gasteiger partial charge in [0, 0.05) is 22.6 Å². The molecular weight excluding hydrogens is 526 g/mol. The lowest BCUT2D eigenvalue weighted by Gasteiger charge is -2.14. The summed E-state index contributed by atoms with van der Waals surface area (Å²) in [6.07, 6.45) is 0. The number of rotatable bonds is 6. The van der Waals surface area contributed by atoms with E-state index in [2.05, 4.69) is 0 Å². The highest BCUT2D eigenvalue weighted by atomic mass is 79.9. The van der Waals surface area contributed by atoms with Crippen LogP contribution in [0.15, 0.2) is 36.4 Å². The van der Waals surface area contributed by atoms with Crippen LogP contribution >= 0.6 is 57.5 Å². The first kappa shape index (κ1) is 25.7. The van der Waals surface area contributed by atoms with E-state index < -0.39 is 11.6 Å². The Labute approximate surface area is 185 Å². The summed E-state index contributed by atoms with van der Waals surface area (Å²) in [5.74, 6) is 0.435. The Morgan fingerprint density at radius 2 is 1.19 bits per heavy atom. The molecule has 0 aromatic heterocycles. The van der Waals surface area contributed by atoms with Crippen molar-refractivity contribution >= 4 is 67.8 Å². The number of halogens is 4. The Morgan fingerprint density at radius 3 is 1.52 bits per heavy atom. The maximum absolute atomic E-state index is 13.5. The van der Waals surface area contributed by atoms with E-state index in [9.17, 15) is 8.78 Å². The van der Waals surface area contributed by atoms with Gasteiger partial charge in [-0.3, -0.25) is 10.8 Å². The van der Waals surface area contributed by atoms with Crippen LogP contribution in [-0.2, 0) is 11.5 Å². The number of hydrogen-bond acceptors (Lipinski definition) is 5. The molecule has 0 amide bonds. The summed E-state index contributed by atoms with van der Waals surface area (Å²) in [6.45, 7) is 0. The highest BCUT2D eigenvalue weighted by Crippen LogP contribution is 2.32. The molecule has 0 spiro atoms. The van der Waals surface area contributed by atoms with Gasteiger partial charge >= 0.3 is 0 Å². The summed E-state index contributed by atoms with van der Waals surface area (Å²) in [6, 6.07) is 8.06. The molecular formula is C16H18Br2F2N4OS2. The summed E-state index contributed by atoms with van der Waals surface area (Å²) in [5.41, 5.74) is 11.7. The average Bonchev–Trinajstić information content (AvgIpc) is 2.54. The van der Waals surface area contributed by atoms with E-state index in [-0.39, 0.29) is 55.8 Å². The van der Waals surface area contributed by atoms with Crippen molar-refractivity contribution < 1.29 is 13.5 Å². The summed E-state index contributed by atoms with van der Waals surface area (Å²) in [5, 5.41) is 14.4. The highest BCUT2D eigenvalue weighted by Gasteiger charge is 2.12. The Bertz CT molecular complexity index is 746. The summed E-state index contributed by atoms with van der Waals surface area (Å²) in [4.78, 5) is 0. The van der Waals surface area contributed by atoms with E-state index in [4.69, 9.17) is 27.0 Å². The first-order valence-corrected chi connectivity index (χ1v) is 9.00. The zero-order valence-corrected chi connectivity index (χ0v) is 18.9. The molecule has 148 valence electrons. The predicted octanol–water partition coefficient (Wildman–Crippen LogP) is 5.17. The van der Waals surface area contributed by atoms with Crippen molar-refractivity contribution in [2.24, 2.45) is 11.5 Å². The molecule has 0 bridgehead atoms. The lowest BCUT2D eigenvalue weighted by molar-refractivity contribution is 0.470. The molecule has 0 aliphatic rings. The van der Waals surface area contributed by atoms with Gasteiger partial charge in [-0.25, -0.2) is 8.78 Å². The third-order valence-electron chi connectivity index (χ3n) is 3.03. The van der Waals surface area contributed by atoms with E-state index in [0.29, 0.717) is 22.6 Å². The van der Waals surface area contributed by atoms with Gasteiger partial charge in [0.05, 0.1) is 0 Å². The topological polar surface area (TPSA) is 109 Å². The van der Waals surface area contributed by atoms with E-state index >= 15 is 0 Å². The van der Waals surface area contributed by atoms with Gasteiger partial charge < -0.3 is 16.2 Å². The van der Waals surface area contributed by atoms with Crippen LogP contribution < -0.4 is 16.2 Å². The number of hydrogen-bond donors (Lipinski definition) is 4. The summed E-state index contributed by atoms with van der Waals surface area (Å²) >= 11 is 2.09. The van der Waals surface area contributed by atoms with Gasteiger partial charge in [-0.2, -0.15) is 0 Å². The highest BCUT2D eigenvalue weighted by molar-refractivity contribution is 8.93. The molecule has 6 N–H and O–H groups in total. The second-order valence-corrected chi connectivity index (χ2v) is 6.95. The van der Waals surface area contributed by atoms with Crippen LogP contribution in [0.2, 0.25) is 0 Å². The second-order valence-electron chi connectivity index (χ2n) is 4.91. The average molecular weight is 544 g/mol. The van der Waals surface area contributed by atoms with Gasteiger partial charge in [-0.15, -0.1) is 34.0 Å². The van der Waals surface area contributed by atoms with E-state index in [0.717, 1.165) is 23.5 Å². The number of benzene rings is 2. The van der Waals surface area contributed by atoms with Crippen molar-refractivity contribution in [1.29, 1.82) is 10.8 Å².